The number of amides is 1. The van der Waals surface area contributed by atoms with Crippen LogP contribution in [0, 0.1) is 0 Å². The Bertz CT molecular complexity index is 881. The van der Waals surface area contributed by atoms with Gasteiger partial charge in [-0.3, -0.25) is 4.79 Å². The van der Waals surface area contributed by atoms with Crippen molar-refractivity contribution in [3.63, 3.8) is 0 Å². The van der Waals surface area contributed by atoms with Gasteiger partial charge >= 0.3 is 5.97 Å². The SMILES string of the molecule is CCOC(=O)c1c(NC(=O)[C@H](C)Oc2ccc(Cl)cc2Cl)sc2c1CCC2. The molecule has 0 saturated carbocycles. The minimum Gasteiger partial charge on any atom is -0.479 e. The summed E-state index contributed by atoms with van der Waals surface area (Å²) in [6.45, 7) is 3.66. The van der Waals surface area contributed by atoms with Crippen LogP contribution in [0.1, 0.15) is 41.1 Å². The van der Waals surface area contributed by atoms with Crippen LogP contribution in [-0.4, -0.2) is 24.6 Å². The summed E-state index contributed by atoms with van der Waals surface area (Å²) in [5.41, 5.74) is 1.46. The third kappa shape index (κ3) is 4.39. The Morgan fingerprint density at radius 1 is 1.30 bits per heavy atom. The number of benzene rings is 1. The van der Waals surface area contributed by atoms with Crippen LogP contribution in [0.5, 0.6) is 5.75 Å². The van der Waals surface area contributed by atoms with Gasteiger partial charge in [0.15, 0.2) is 6.10 Å². The van der Waals surface area contributed by atoms with Gasteiger partial charge in [-0.05, 0) is 56.9 Å². The van der Waals surface area contributed by atoms with Gasteiger partial charge in [0.05, 0.1) is 17.2 Å². The van der Waals surface area contributed by atoms with E-state index in [1.54, 1.807) is 32.0 Å². The molecule has 1 aromatic carbocycles. The van der Waals surface area contributed by atoms with Gasteiger partial charge in [-0.25, -0.2) is 4.79 Å². The van der Waals surface area contributed by atoms with E-state index in [4.69, 9.17) is 32.7 Å². The molecule has 144 valence electrons. The van der Waals surface area contributed by atoms with Gasteiger partial charge in [-0.15, -0.1) is 11.3 Å². The number of carbonyl (C=O) groups is 2. The number of carbonyl (C=O) groups excluding carboxylic acids is 2. The highest BCUT2D eigenvalue weighted by molar-refractivity contribution is 7.17. The van der Waals surface area contributed by atoms with Crippen molar-refractivity contribution in [2.24, 2.45) is 0 Å². The van der Waals surface area contributed by atoms with Crippen LogP contribution < -0.4 is 10.1 Å². The third-order valence-electron chi connectivity index (χ3n) is 4.20. The minimum absolute atomic E-state index is 0.283. The number of esters is 1. The largest absolute Gasteiger partial charge is 0.479 e. The molecule has 27 heavy (non-hydrogen) atoms. The van der Waals surface area contributed by atoms with Crippen molar-refractivity contribution in [3.05, 3.63) is 44.2 Å². The summed E-state index contributed by atoms with van der Waals surface area (Å²) in [5, 5.41) is 4.14. The molecule has 1 aromatic heterocycles. The van der Waals surface area contributed by atoms with Crippen LogP contribution in [0.3, 0.4) is 0 Å². The quantitative estimate of drug-likeness (QED) is 0.649. The highest BCUT2D eigenvalue weighted by Gasteiger charge is 2.29. The number of fused-ring (bicyclic) bond motifs is 1. The first-order valence-electron chi connectivity index (χ1n) is 8.65. The van der Waals surface area contributed by atoms with Crippen LogP contribution in [0.15, 0.2) is 18.2 Å². The molecular weight excluding hydrogens is 409 g/mol. The molecule has 1 atom stereocenters. The number of ether oxygens (including phenoxy) is 2. The van der Waals surface area contributed by atoms with Gasteiger partial charge in [-0.2, -0.15) is 0 Å². The van der Waals surface area contributed by atoms with E-state index in [2.05, 4.69) is 5.32 Å². The highest BCUT2D eigenvalue weighted by Crippen LogP contribution is 2.39. The molecule has 0 aliphatic heterocycles. The van der Waals surface area contributed by atoms with Crippen molar-refractivity contribution >= 4 is 51.4 Å². The summed E-state index contributed by atoms with van der Waals surface area (Å²) in [5.74, 6) is -0.406. The predicted octanol–water partition coefficient (Wildman–Crippen LogP) is 5.13. The third-order valence-corrected chi connectivity index (χ3v) is 5.94. The number of anilines is 1. The predicted molar refractivity (Wildman–Crippen MR) is 107 cm³/mol. The second-order valence-electron chi connectivity index (χ2n) is 6.11. The summed E-state index contributed by atoms with van der Waals surface area (Å²) in [7, 11) is 0. The van der Waals surface area contributed by atoms with E-state index in [9.17, 15) is 9.59 Å². The average molecular weight is 428 g/mol. The second kappa shape index (κ2) is 8.50. The van der Waals surface area contributed by atoms with Crippen LogP contribution in [0.25, 0.3) is 0 Å². The van der Waals surface area contributed by atoms with E-state index >= 15 is 0 Å². The van der Waals surface area contributed by atoms with Crippen molar-refractivity contribution in [2.45, 2.75) is 39.2 Å². The molecular formula is C19H19Cl2NO4S. The van der Waals surface area contributed by atoms with E-state index in [-0.39, 0.29) is 12.5 Å². The number of rotatable bonds is 6. The molecule has 1 aliphatic carbocycles. The Kier molecular flexibility index (Phi) is 6.29. The van der Waals surface area contributed by atoms with Crippen LogP contribution in [-0.2, 0) is 22.4 Å². The maximum atomic E-state index is 12.6. The zero-order chi connectivity index (χ0) is 19.6. The molecule has 0 radical (unpaired) electrons. The lowest BCUT2D eigenvalue weighted by Gasteiger charge is -2.16. The zero-order valence-corrected chi connectivity index (χ0v) is 17.3. The molecule has 8 heteroatoms. The first kappa shape index (κ1) is 20.0. The molecule has 5 nitrogen and oxygen atoms in total. The molecule has 1 amide bonds. The Morgan fingerprint density at radius 3 is 2.78 bits per heavy atom. The molecule has 0 fully saturated rings. The zero-order valence-electron chi connectivity index (χ0n) is 14.9. The fourth-order valence-corrected chi connectivity index (χ4v) is 4.67. The molecule has 0 bridgehead atoms. The van der Waals surface area contributed by atoms with Crippen LogP contribution in [0.4, 0.5) is 5.00 Å². The van der Waals surface area contributed by atoms with Gasteiger partial charge in [0, 0.05) is 9.90 Å². The van der Waals surface area contributed by atoms with Gasteiger partial charge in [0.1, 0.15) is 10.8 Å². The average Bonchev–Trinajstić information content (AvgIpc) is 3.17. The minimum atomic E-state index is -0.810. The Balaban J connectivity index is 1.76. The lowest BCUT2D eigenvalue weighted by atomic mass is 10.1. The number of nitrogens with one attached hydrogen (secondary N) is 1. The number of halogens is 2. The van der Waals surface area contributed by atoms with E-state index in [0.717, 1.165) is 29.7 Å². The molecule has 0 saturated heterocycles. The van der Waals surface area contributed by atoms with Crippen molar-refractivity contribution in [1.29, 1.82) is 0 Å². The standard InChI is InChI=1S/C19H19Cl2NO4S/c1-3-25-19(24)16-12-5-4-6-15(12)27-18(16)22-17(23)10(2)26-14-8-7-11(20)9-13(14)21/h7-10H,3-6H2,1-2H3,(H,22,23)/t10-/m0/s1. The van der Waals surface area contributed by atoms with Gasteiger partial charge in [0.25, 0.3) is 5.91 Å². The van der Waals surface area contributed by atoms with Crippen LogP contribution >= 0.6 is 34.5 Å². The van der Waals surface area contributed by atoms with Crippen LogP contribution in [0.2, 0.25) is 10.0 Å². The molecule has 3 rings (SSSR count). The molecule has 1 N–H and O–H groups in total. The fourth-order valence-electron chi connectivity index (χ4n) is 2.94. The summed E-state index contributed by atoms with van der Waals surface area (Å²) >= 11 is 13.4. The van der Waals surface area contributed by atoms with Gasteiger partial charge < -0.3 is 14.8 Å². The number of aryl methyl sites for hydroxylation is 1. The van der Waals surface area contributed by atoms with Gasteiger partial charge in [0.2, 0.25) is 0 Å². The number of hydrogen-bond acceptors (Lipinski definition) is 5. The molecule has 1 aliphatic rings. The summed E-state index contributed by atoms with van der Waals surface area (Å²) in [6, 6.07) is 4.79. The van der Waals surface area contributed by atoms with Gasteiger partial charge in [-0.1, -0.05) is 23.2 Å². The number of hydrogen-bond donors (Lipinski definition) is 1. The first-order valence-corrected chi connectivity index (χ1v) is 10.2. The van der Waals surface area contributed by atoms with Crippen molar-refractivity contribution in [1.82, 2.24) is 0 Å². The van der Waals surface area contributed by atoms with E-state index < -0.39 is 12.1 Å². The maximum absolute atomic E-state index is 12.6. The van der Waals surface area contributed by atoms with Crippen molar-refractivity contribution in [3.8, 4) is 5.75 Å². The van der Waals surface area contributed by atoms with E-state index in [1.165, 1.54) is 11.3 Å². The Morgan fingerprint density at radius 2 is 2.07 bits per heavy atom. The lowest BCUT2D eigenvalue weighted by Crippen LogP contribution is -2.30. The summed E-state index contributed by atoms with van der Waals surface area (Å²) < 4.78 is 10.8. The Hall–Kier alpha value is -1.76. The van der Waals surface area contributed by atoms with E-state index in [0.29, 0.717) is 26.4 Å². The topological polar surface area (TPSA) is 64.6 Å². The summed E-state index contributed by atoms with van der Waals surface area (Å²) in [6.07, 6.45) is 1.93. The highest BCUT2D eigenvalue weighted by atomic mass is 35.5. The fraction of sp³-hybridized carbons (Fsp3) is 0.368. The smallest absolute Gasteiger partial charge is 0.341 e. The van der Waals surface area contributed by atoms with Crippen molar-refractivity contribution < 1.29 is 19.1 Å². The maximum Gasteiger partial charge on any atom is 0.341 e. The first-order chi connectivity index (χ1) is 12.9. The molecule has 0 unspecified atom stereocenters. The molecule has 2 aromatic rings. The lowest BCUT2D eigenvalue weighted by molar-refractivity contribution is -0.122. The second-order valence-corrected chi connectivity index (χ2v) is 8.05. The normalized spacial score (nSPS) is 13.8. The molecule has 0 spiro atoms. The number of thiophene rings is 1. The van der Waals surface area contributed by atoms with E-state index in [1.807, 2.05) is 0 Å². The Labute approximate surface area is 171 Å². The monoisotopic (exact) mass is 427 g/mol. The molecule has 1 heterocycles. The summed E-state index contributed by atoms with van der Waals surface area (Å²) in [4.78, 5) is 26.1. The van der Waals surface area contributed by atoms with Crippen molar-refractivity contribution in [2.75, 3.05) is 11.9 Å².